The van der Waals surface area contributed by atoms with Crippen LogP contribution in [0.1, 0.15) is 47.1 Å². The SMILES string of the molecule is CC.CC.CC.Cc1ccc2cncn2c1. The molecule has 0 aliphatic carbocycles. The van der Waals surface area contributed by atoms with Crippen LogP contribution in [-0.2, 0) is 0 Å². The van der Waals surface area contributed by atoms with Crippen LogP contribution in [0.4, 0.5) is 0 Å². The van der Waals surface area contributed by atoms with Gasteiger partial charge in [-0.2, -0.15) is 0 Å². The first-order valence-corrected chi connectivity index (χ1v) is 6.24. The summed E-state index contributed by atoms with van der Waals surface area (Å²) in [7, 11) is 0. The molecule has 0 N–H and O–H groups in total. The van der Waals surface area contributed by atoms with E-state index in [0.29, 0.717) is 0 Å². The molecule has 2 heteroatoms. The molecule has 2 aromatic rings. The highest BCUT2D eigenvalue weighted by atomic mass is 15.0. The Balaban J connectivity index is 0. The van der Waals surface area contributed by atoms with Gasteiger partial charge < -0.3 is 4.40 Å². The minimum absolute atomic E-state index is 1.14. The lowest BCUT2D eigenvalue weighted by atomic mass is 10.3. The van der Waals surface area contributed by atoms with Gasteiger partial charge in [0.15, 0.2) is 0 Å². The van der Waals surface area contributed by atoms with Crippen molar-refractivity contribution in [2.75, 3.05) is 0 Å². The van der Waals surface area contributed by atoms with Crippen LogP contribution in [0.3, 0.4) is 0 Å². The van der Waals surface area contributed by atoms with E-state index >= 15 is 0 Å². The normalized spacial score (nSPS) is 7.69. The first kappa shape index (κ1) is 17.1. The molecule has 0 fully saturated rings. The Morgan fingerprint density at radius 3 is 2.06 bits per heavy atom. The van der Waals surface area contributed by atoms with E-state index in [0.717, 1.165) is 5.52 Å². The van der Waals surface area contributed by atoms with E-state index in [4.69, 9.17) is 0 Å². The van der Waals surface area contributed by atoms with Gasteiger partial charge in [-0.15, -0.1) is 0 Å². The first-order valence-electron chi connectivity index (χ1n) is 6.24. The summed E-state index contributed by atoms with van der Waals surface area (Å²) in [4.78, 5) is 4.01. The van der Waals surface area contributed by atoms with Crippen LogP contribution in [-0.4, -0.2) is 9.38 Å². The molecule has 0 saturated heterocycles. The van der Waals surface area contributed by atoms with Crippen molar-refractivity contribution >= 4 is 5.52 Å². The molecule has 2 heterocycles. The fraction of sp³-hybridized carbons (Fsp3) is 0.500. The number of fused-ring (bicyclic) bond motifs is 1. The molecule has 0 amide bonds. The number of hydrogen-bond acceptors (Lipinski definition) is 1. The maximum Gasteiger partial charge on any atom is 0.0992 e. The van der Waals surface area contributed by atoms with Crippen molar-refractivity contribution < 1.29 is 0 Å². The molecule has 92 valence electrons. The van der Waals surface area contributed by atoms with Crippen LogP contribution in [0.5, 0.6) is 0 Å². The van der Waals surface area contributed by atoms with Crippen LogP contribution in [0.25, 0.3) is 5.52 Å². The van der Waals surface area contributed by atoms with Crippen LogP contribution < -0.4 is 0 Å². The Morgan fingerprint density at radius 2 is 1.50 bits per heavy atom. The second-order valence-corrected chi connectivity index (χ2v) is 2.43. The van der Waals surface area contributed by atoms with Gasteiger partial charge in [-0.1, -0.05) is 47.6 Å². The standard InChI is InChI=1S/C8H8N2.3C2H6/c1-7-2-3-8-4-9-6-10(8)5-7;3*1-2/h2-6H,1H3;3*1-2H3. The molecular weight excluding hydrogens is 196 g/mol. The average Bonchev–Trinajstić information content (AvgIpc) is 2.84. The van der Waals surface area contributed by atoms with Crippen LogP contribution in [0, 0.1) is 6.92 Å². The molecule has 16 heavy (non-hydrogen) atoms. The molecule has 0 aliphatic rings. The van der Waals surface area contributed by atoms with Gasteiger partial charge in [-0.05, 0) is 18.6 Å². The Hall–Kier alpha value is -1.31. The van der Waals surface area contributed by atoms with Crippen molar-refractivity contribution in [2.24, 2.45) is 0 Å². The van der Waals surface area contributed by atoms with Gasteiger partial charge in [0.05, 0.1) is 18.0 Å². The molecule has 2 rings (SSSR count). The first-order chi connectivity index (χ1) is 7.86. The van der Waals surface area contributed by atoms with E-state index in [1.165, 1.54) is 5.56 Å². The van der Waals surface area contributed by atoms with Gasteiger partial charge in [0.1, 0.15) is 0 Å². The van der Waals surface area contributed by atoms with Crippen molar-refractivity contribution in [3.63, 3.8) is 0 Å². The number of rotatable bonds is 0. The zero-order valence-electron chi connectivity index (χ0n) is 11.8. The summed E-state index contributed by atoms with van der Waals surface area (Å²) in [6.45, 7) is 14.1. The maximum absolute atomic E-state index is 4.01. The van der Waals surface area contributed by atoms with Crippen LogP contribution in [0.2, 0.25) is 0 Å². The van der Waals surface area contributed by atoms with Gasteiger partial charge in [0.2, 0.25) is 0 Å². The van der Waals surface area contributed by atoms with Crippen molar-refractivity contribution in [2.45, 2.75) is 48.5 Å². The molecule has 0 aliphatic heterocycles. The molecule has 0 atom stereocenters. The van der Waals surface area contributed by atoms with E-state index < -0.39 is 0 Å². The molecule has 0 unspecified atom stereocenters. The Morgan fingerprint density at radius 1 is 0.938 bits per heavy atom. The highest BCUT2D eigenvalue weighted by molar-refractivity contribution is 5.44. The lowest BCUT2D eigenvalue weighted by Gasteiger charge is -1.93. The van der Waals surface area contributed by atoms with E-state index in [-0.39, 0.29) is 0 Å². The minimum Gasteiger partial charge on any atom is -0.306 e. The molecule has 0 aromatic carbocycles. The van der Waals surface area contributed by atoms with E-state index in [1.54, 1.807) is 0 Å². The summed E-state index contributed by atoms with van der Waals surface area (Å²) in [5, 5.41) is 0. The largest absolute Gasteiger partial charge is 0.306 e. The lowest BCUT2D eigenvalue weighted by Crippen LogP contribution is -1.81. The Labute approximate surface area is 100 Å². The van der Waals surface area contributed by atoms with Crippen LogP contribution >= 0.6 is 0 Å². The average molecular weight is 222 g/mol. The monoisotopic (exact) mass is 222 g/mol. The van der Waals surface area contributed by atoms with E-state index in [2.05, 4.69) is 30.2 Å². The highest BCUT2D eigenvalue weighted by Crippen LogP contribution is 2.03. The molecule has 0 radical (unpaired) electrons. The molecule has 2 aromatic heterocycles. The molecule has 2 nitrogen and oxygen atoms in total. The predicted octanol–water partition coefficient (Wildman–Crippen LogP) is 4.72. The fourth-order valence-electron chi connectivity index (χ4n) is 1.03. The number of nitrogens with zero attached hydrogens (tertiary/aromatic N) is 2. The van der Waals surface area contributed by atoms with Gasteiger partial charge in [-0.25, -0.2) is 4.98 Å². The number of hydrogen-bond donors (Lipinski definition) is 0. The minimum atomic E-state index is 1.14. The summed E-state index contributed by atoms with van der Waals surface area (Å²) >= 11 is 0. The number of imidazole rings is 1. The molecule has 0 spiro atoms. The Bertz CT molecular complexity index is 350. The zero-order chi connectivity index (χ0) is 13.0. The van der Waals surface area contributed by atoms with Crippen molar-refractivity contribution in [3.05, 3.63) is 36.4 Å². The van der Waals surface area contributed by atoms with Crippen molar-refractivity contribution in [1.82, 2.24) is 9.38 Å². The van der Waals surface area contributed by atoms with Crippen molar-refractivity contribution in [1.29, 1.82) is 0 Å². The van der Waals surface area contributed by atoms with Gasteiger partial charge in [-0.3, -0.25) is 0 Å². The van der Waals surface area contributed by atoms with Crippen molar-refractivity contribution in [3.8, 4) is 0 Å². The second-order valence-electron chi connectivity index (χ2n) is 2.43. The molecule has 0 saturated carbocycles. The summed E-state index contributed by atoms with van der Waals surface area (Å²) in [5.41, 5.74) is 2.40. The number of pyridine rings is 1. The maximum atomic E-state index is 4.01. The highest BCUT2D eigenvalue weighted by Gasteiger charge is 1.89. The summed E-state index contributed by atoms with van der Waals surface area (Å²) in [6.07, 6.45) is 5.71. The third-order valence-electron chi connectivity index (χ3n) is 1.56. The van der Waals surface area contributed by atoms with Gasteiger partial charge in [0.25, 0.3) is 0 Å². The smallest absolute Gasteiger partial charge is 0.0992 e. The third kappa shape index (κ3) is 5.54. The Kier molecular flexibility index (Phi) is 12.6. The fourth-order valence-corrected chi connectivity index (χ4v) is 1.03. The van der Waals surface area contributed by atoms with Crippen LogP contribution in [0.15, 0.2) is 30.9 Å². The predicted molar refractivity (Wildman–Crippen MR) is 74.0 cm³/mol. The summed E-state index contributed by atoms with van der Waals surface area (Å²) in [5.74, 6) is 0. The number of aromatic nitrogens is 2. The topological polar surface area (TPSA) is 17.3 Å². The van der Waals surface area contributed by atoms with Gasteiger partial charge in [0, 0.05) is 6.20 Å². The van der Waals surface area contributed by atoms with E-state index in [1.807, 2.05) is 58.5 Å². The molecule has 0 bridgehead atoms. The quantitative estimate of drug-likeness (QED) is 0.630. The second kappa shape index (κ2) is 11.8. The summed E-state index contributed by atoms with van der Waals surface area (Å²) in [6, 6.07) is 4.14. The number of aryl methyl sites for hydroxylation is 1. The third-order valence-corrected chi connectivity index (χ3v) is 1.56. The van der Waals surface area contributed by atoms with E-state index in [9.17, 15) is 0 Å². The zero-order valence-corrected chi connectivity index (χ0v) is 11.8. The lowest BCUT2D eigenvalue weighted by molar-refractivity contribution is 1.13. The van der Waals surface area contributed by atoms with Gasteiger partial charge >= 0.3 is 0 Å². The molecular formula is C14H26N2. The summed E-state index contributed by atoms with van der Waals surface area (Å²) < 4.78 is 2.01.